The number of allylic oxidation sites excluding steroid dienone is 3. The lowest BCUT2D eigenvalue weighted by atomic mass is 9.75. The minimum Gasteiger partial charge on any atom is -0.373 e. The maximum Gasteiger partial charge on any atom is 0.412 e. The van der Waals surface area contributed by atoms with E-state index in [1.54, 1.807) is 32.2 Å². The van der Waals surface area contributed by atoms with Gasteiger partial charge in [0.25, 0.3) is 5.69 Å². The Morgan fingerprint density at radius 1 is 1.22 bits per heavy atom. The maximum atomic E-state index is 12.7. The summed E-state index contributed by atoms with van der Waals surface area (Å²) in [5.74, 6) is -1.63. The summed E-state index contributed by atoms with van der Waals surface area (Å²) in [7, 11) is 1.79. The van der Waals surface area contributed by atoms with Gasteiger partial charge in [-0.2, -0.15) is 0 Å². The van der Waals surface area contributed by atoms with E-state index >= 15 is 0 Å². The SMILES string of the molecule is CC1=C(C(=O)OC(N)=O)C(c2ccccc2[N+](=O)[O-])C(C(C)C)=C(C)N1C. The average molecular weight is 373 g/mol. The molecule has 0 radical (unpaired) electrons. The molecule has 8 nitrogen and oxygen atoms in total. The van der Waals surface area contributed by atoms with Crippen LogP contribution in [-0.2, 0) is 9.53 Å². The van der Waals surface area contributed by atoms with Crippen molar-refractivity contribution in [2.24, 2.45) is 11.7 Å². The summed E-state index contributed by atoms with van der Waals surface area (Å²) in [4.78, 5) is 36.8. The summed E-state index contributed by atoms with van der Waals surface area (Å²) in [5.41, 5.74) is 7.74. The number of carbonyl (C=O) groups is 2. The van der Waals surface area contributed by atoms with Crippen LogP contribution in [0.3, 0.4) is 0 Å². The fourth-order valence-corrected chi connectivity index (χ4v) is 3.58. The Bertz CT molecular complexity index is 870. The van der Waals surface area contributed by atoms with Crippen molar-refractivity contribution in [1.82, 2.24) is 4.90 Å². The van der Waals surface area contributed by atoms with Crippen molar-refractivity contribution in [2.75, 3.05) is 7.05 Å². The molecule has 1 heterocycles. The number of esters is 1. The number of hydrogen-bond acceptors (Lipinski definition) is 6. The summed E-state index contributed by atoms with van der Waals surface area (Å²) in [5, 5.41) is 11.6. The first-order chi connectivity index (χ1) is 12.6. The van der Waals surface area contributed by atoms with Crippen LogP contribution < -0.4 is 5.73 Å². The molecule has 0 aromatic heterocycles. The van der Waals surface area contributed by atoms with Gasteiger partial charge in [0.15, 0.2) is 0 Å². The van der Waals surface area contributed by atoms with Crippen LogP contribution in [0.5, 0.6) is 0 Å². The Morgan fingerprint density at radius 2 is 1.81 bits per heavy atom. The second kappa shape index (κ2) is 7.61. The predicted molar refractivity (Wildman–Crippen MR) is 99.5 cm³/mol. The van der Waals surface area contributed by atoms with Gasteiger partial charge in [-0.05, 0) is 25.3 Å². The molecule has 0 saturated heterocycles. The van der Waals surface area contributed by atoms with Crippen molar-refractivity contribution in [2.45, 2.75) is 33.6 Å². The van der Waals surface area contributed by atoms with Gasteiger partial charge in [-0.1, -0.05) is 32.0 Å². The van der Waals surface area contributed by atoms with E-state index in [0.717, 1.165) is 11.3 Å². The molecule has 1 aliphatic rings. The van der Waals surface area contributed by atoms with Gasteiger partial charge < -0.3 is 15.4 Å². The second-order valence-corrected chi connectivity index (χ2v) is 6.71. The number of amides is 1. The van der Waals surface area contributed by atoms with Crippen molar-refractivity contribution < 1.29 is 19.2 Å². The van der Waals surface area contributed by atoms with E-state index in [2.05, 4.69) is 4.74 Å². The monoisotopic (exact) mass is 373 g/mol. The summed E-state index contributed by atoms with van der Waals surface area (Å²) in [6.07, 6.45) is -1.22. The Balaban J connectivity index is 2.82. The zero-order valence-corrected chi connectivity index (χ0v) is 16.0. The second-order valence-electron chi connectivity index (χ2n) is 6.71. The number of ether oxygens (including phenoxy) is 1. The molecule has 2 N–H and O–H groups in total. The molecule has 0 fully saturated rings. The standard InChI is InChI=1S/C19H23N3O5/c1-10(2)15-11(3)21(5)12(4)16(18(23)27-19(20)24)17(15)13-8-6-7-9-14(13)22(25)26/h6-10,17H,1-5H3,(H2,20,24). The number of nitrogens with zero attached hydrogens (tertiary/aromatic N) is 2. The first-order valence-corrected chi connectivity index (χ1v) is 8.48. The highest BCUT2D eigenvalue weighted by Crippen LogP contribution is 2.46. The van der Waals surface area contributed by atoms with Crippen LogP contribution in [-0.4, -0.2) is 28.9 Å². The van der Waals surface area contributed by atoms with Crippen LogP contribution >= 0.6 is 0 Å². The number of nitro groups is 1. The highest BCUT2D eigenvalue weighted by Gasteiger charge is 2.40. The molecule has 27 heavy (non-hydrogen) atoms. The number of carbonyl (C=O) groups excluding carboxylic acids is 2. The number of benzene rings is 1. The highest BCUT2D eigenvalue weighted by molar-refractivity contribution is 5.98. The predicted octanol–water partition coefficient (Wildman–Crippen LogP) is 3.45. The van der Waals surface area contributed by atoms with Crippen LogP contribution in [0, 0.1) is 16.0 Å². The molecule has 1 amide bonds. The third kappa shape index (κ3) is 3.69. The number of para-hydroxylation sites is 1. The molecule has 1 aromatic rings. The molecule has 1 atom stereocenters. The van der Waals surface area contributed by atoms with Crippen LogP contribution in [0.2, 0.25) is 0 Å². The molecule has 1 aromatic carbocycles. The normalized spacial score (nSPS) is 17.4. The number of primary amides is 1. The Labute approximate surface area is 157 Å². The summed E-state index contributed by atoms with van der Waals surface area (Å²) in [6, 6.07) is 6.27. The lowest BCUT2D eigenvalue weighted by Crippen LogP contribution is -2.33. The molecule has 144 valence electrons. The molecular formula is C19H23N3O5. The van der Waals surface area contributed by atoms with Crippen molar-refractivity contribution in [1.29, 1.82) is 0 Å². The Morgan fingerprint density at radius 3 is 2.33 bits per heavy atom. The van der Waals surface area contributed by atoms with E-state index in [9.17, 15) is 19.7 Å². The van der Waals surface area contributed by atoms with Gasteiger partial charge in [0.2, 0.25) is 0 Å². The molecule has 2 rings (SSSR count). The smallest absolute Gasteiger partial charge is 0.373 e. The number of rotatable bonds is 4. The number of nitrogens with two attached hydrogens (primary N) is 1. The lowest BCUT2D eigenvalue weighted by molar-refractivity contribution is -0.385. The zero-order chi connectivity index (χ0) is 20.5. The lowest BCUT2D eigenvalue weighted by Gasteiger charge is -2.38. The molecule has 0 bridgehead atoms. The Hall–Kier alpha value is -3.16. The molecular weight excluding hydrogens is 350 g/mol. The van der Waals surface area contributed by atoms with E-state index < -0.39 is 22.9 Å². The van der Waals surface area contributed by atoms with Crippen LogP contribution in [0.4, 0.5) is 10.5 Å². The topological polar surface area (TPSA) is 116 Å². The van der Waals surface area contributed by atoms with E-state index in [1.165, 1.54) is 6.07 Å². The Kier molecular flexibility index (Phi) is 5.68. The van der Waals surface area contributed by atoms with Gasteiger partial charge in [0.05, 0.1) is 10.5 Å². The van der Waals surface area contributed by atoms with Crippen molar-refractivity contribution >= 4 is 17.7 Å². The molecule has 8 heteroatoms. The maximum absolute atomic E-state index is 12.7. The van der Waals surface area contributed by atoms with E-state index in [4.69, 9.17) is 5.73 Å². The zero-order valence-electron chi connectivity index (χ0n) is 16.0. The molecule has 1 aliphatic heterocycles. The number of hydrogen-bond donors (Lipinski definition) is 1. The van der Waals surface area contributed by atoms with Gasteiger partial charge in [-0.25, -0.2) is 9.59 Å². The average Bonchev–Trinajstić information content (AvgIpc) is 2.58. The van der Waals surface area contributed by atoms with E-state index in [-0.39, 0.29) is 17.2 Å². The minimum absolute atomic E-state index is 0.0123. The van der Waals surface area contributed by atoms with Crippen LogP contribution in [0.25, 0.3) is 0 Å². The largest absolute Gasteiger partial charge is 0.412 e. The van der Waals surface area contributed by atoms with Crippen molar-refractivity contribution in [3.63, 3.8) is 0 Å². The first kappa shape index (κ1) is 20.2. The van der Waals surface area contributed by atoms with Gasteiger partial charge in [0, 0.05) is 36.0 Å². The molecule has 0 aliphatic carbocycles. The summed E-state index contributed by atoms with van der Waals surface area (Å²) in [6.45, 7) is 7.51. The molecule has 0 saturated carbocycles. The van der Waals surface area contributed by atoms with Gasteiger partial charge in [-0.15, -0.1) is 0 Å². The van der Waals surface area contributed by atoms with Crippen LogP contribution in [0.15, 0.2) is 46.8 Å². The fraction of sp³-hybridized carbons (Fsp3) is 0.368. The van der Waals surface area contributed by atoms with Crippen molar-refractivity contribution in [3.05, 3.63) is 62.5 Å². The quantitative estimate of drug-likeness (QED) is 0.374. The first-order valence-electron chi connectivity index (χ1n) is 8.48. The van der Waals surface area contributed by atoms with Crippen LogP contribution in [0.1, 0.15) is 39.2 Å². The fourth-order valence-electron chi connectivity index (χ4n) is 3.58. The van der Waals surface area contributed by atoms with Gasteiger partial charge >= 0.3 is 12.1 Å². The summed E-state index contributed by atoms with van der Waals surface area (Å²) >= 11 is 0. The number of nitro benzene ring substituents is 1. The molecule has 0 spiro atoms. The van der Waals surface area contributed by atoms with Gasteiger partial charge in [-0.3, -0.25) is 10.1 Å². The van der Waals surface area contributed by atoms with E-state index in [1.807, 2.05) is 25.7 Å². The highest BCUT2D eigenvalue weighted by atomic mass is 16.6. The molecule has 1 unspecified atom stereocenters. The van der Waals surface area contributed by atoms with E-state index in [0.29, 0.717) is 11.3 Å². The van der Waals surface area contributed by atoms with Gasteiger partial charge in [0.1, 0.15) is 0 Å². The summed E-state index contributed by atoms with van der Waals surface area (Å²) < 4.78 is 4.65. The van der Waals surface area contributed by atoms with Crippen molar-refractivity contribution in [3.8, 4) is 0 Å². The third-order valence-electron chi connectivity index (χ3n) is 4.89. The minimum atomic E-state index is -1.22. The third-order valence-corrected chi connectivity index (χ3v) is 4.89.